The highest BCUT2D eigenvalue weighted by atomic mass is 32.2. The molecule has 0 amide bonds. The molecular weight excluding hydrogens is 226 g/mol. The van der Waals surface area contributed by atoms with Crippen molar-refractivity contribution in [2.75, 3.05) is 23.0 Å². The molecule has 15 heavy (non-hydrogen) atoms. The Morgan fingerprint density at radius 3 is 2.87 bits per heavy atom. The molecule has 0 aromatic heterocycles. The van der Waals surface area contributed by atoms with Crippen molar-refractivity contribution in [1.29, 1.82) is 0 Å². The number of nitrogen functional groups attached to an aromatic ring is 1. The topological polar surface area (TPSA) is 43.1 Å². The minimum atomic E-state index is -0.908. The van der Waals surface area contributed by atoms with Crippen LogP contribution in [0.1, 0.15) is 12.5 Å². The van der Waals surface area contributed by atoms with Crippen molar-refractivity contribution in [3.8, 4) is 0 Å². The summed E-state index contributed by atoms with van der Waals surface area (Å²) in [4.78, 5) is 0.881. The third-order valence-electron chi connectivity index (χ3n) is 2.19. The monoisotopic (exact) mass is 243 g/mol. The van der Waals surface area contributed by atoms with Crippen molar-refractivity contribution < 1.29 is 4.21 Å². The van der Waals surface area contributed by atoms with E-state index in [0.717, 1.165) is 27.7 Å². The van der Waals surface area contributed by atoms with Crippen LogP contribution < -0.4 is 5.73 Å². The summed E-state index contributed by atoms with van der Waals surface area (Å²) in [5, 5.41) is 0. The molecule has 1 unspecified atom stereocenters. The summed E-state index contributed by atoms with van der Waals surface area (Å²) < 4.78 is 11.9. The van der Waals surface area contributed by atoms with Gasteiger partial charge in [-0.1, -0.05) is 13.0 Å². The molecule has 0 radical (unpaired) electrons. The molecule has 4 heteroatoms. The van der Waals surface area contributed by atoms with Crippen LogP contribution in [0, 0.1) is 6.92 Å². The maximum Gasteiger partial charge on any atom is 0.0541 e. The van der Waals surface area contributed by atoms with Gasteiger partial charge in [-0.05, 0) is 30.4 Å². The first-order valence-electron chi connectivity index (χ1n) is 4.98. The van der Waals surface area contributed by atoms with Crippen LogP contribution in [0.3, 0.4) is 0 Å². The second-order valence-corrected chi connectivity index (χ2v) is 6.15. The van der Waals surface area contributed by atoms with Crippen LogP contribution in [0.15, 0.2) is 23.1 Å². The lowest BCUT2D eigenvalue weighted by atomic mass is 10.2. The van der Waals surface area contributed by atoms with Crippen LogP contribution in [-0.4, -0.2) is 21.5 Å². The number of hydrogen-bond donors (Lipinski definition) is 1. The lowest BCUT2D eigenvalue weighted by molar-refractivity contribution is 0.683. The molecule has 0 heterocycles. The second kappa shape index (κ2) is 6.18. The van der Waals surface area contributed by atoms with Gasteiger partial charge < -0.3 is 5.73 Å². The fourth-order valence-electron chi connectivity index (χ4n) is 1.27. The summed E-state index contributed by atoms with van der Waals surface area (Å²) in [6, 6.07) is 5.61. The van der Waals surface area contributed by atoms with E-state index in [2.05, 4.69) is 6.92 Å². The molecule has 84 valence electrons. The Bertz CT molecular complexity index is 352. The molecule has 1 rings (SSSR count). The Hall–Kier alpha value is -0.480. The van der Waals surface area contributed by atoms with E-state index in [4.69, 9.17) is 5.73 Å². The molecule has 1 atom stereocenters. The number of nitrogens with two attached hydrogens (primary N) is 1. The van der Waals surface area contributed by atoms with Gasteiger partial charge in [0.05, 0.1) is 10.8 Å². The highest BCUT2D eigenvalue weighted by molar-refractivity contribution is 8.00. The van der Waals surface area contributed by atoms with Gasteiger partial charge in [0.2, 0.25) is 0 Å². The summed E-state index contributed by atoms with van der Waals surface area (Å²) in [7, 11) is -0.908. The van der Waals surface area contributed by atoms with Crippen molar-refractivity contribution in [3.05, 3.63) is 23.8 Å². The largest absolute Gasteiger partial charge is 0.398 e. The van der Waals surface area contributed by atoms with E-state index in [1.54, 1.807) is 0 Å². The average molecular weight is 243 g/mol. The zero-order chi connectivity index (χ0) is 11.3. The molecule has 0 aliphatic carbocycles. The third kappa shape index (κ3) is 3.54. The normalized spacial score (nSPS) is 12.7. The Balaban J connectivity index is 2.69. The van der Waals surface area contributed by atoms with E-state index in [0.29, 0.717) is 5.75 Å². The lowest BCUT2D eigenvalue weighted by Gasteiger charge is -2.07. The lowest BCUT2D eigenvalue weighted by Crippen LogP contribution is -2.04. The van der Waals surface area contributed by atoms with Crippen LogP contribution in [-0.2, 0) is 10.8 Å². The fourth-order valence-corrected chi connectivity index (χ4v) is 3.54. The fraction of sp³-hybridized carbons (Fsp3) is 0.455. The minimum Gasteiger partial charge on any atom is -0.398 e. The van der Waals surface area contributed by atoms with Crippen molar-refractivity contribution in [2.24, 2.45) is 0 Å². The molecule has 0 saturated carbocycles. The molecule has 2 nitrogen and oxygen atoms in total. The van der Waals surface area contributed by atoms with Gasteiger partial charge in [-0.2, -0.15) is 11.8 Å². The molecule has 2 N–H and O–H groups in total. The van der Waals surface area contributed by atoms with Crippen LogP contribution in [0.4, 0.5) is 5.69 Å². The number of thioether (sulfide) groups is 1. The van der Waals surface area contributed by atoms with Crippen molar-refractivity contribution in [2.45, 2.75) is 18.7 Å². The van der Waals surface area contributed by atoms with Crippen molar-refractivity contribution in [1.82, 2.24) is 0 Å². The standard InChI is InChI=1S/C11H17NOS2/c1-3-14-7-8-15(13)11-6-4-5-10(12)9(11)2/h4-6H,3,7-8,12H2,1-2H3. The Morgan fingerprint density at radius 1 is 1.47 bits per heavy atom. The highest BCUT2D eigenvalue weighted by Gasteiger charge is 2.08. The van der Waals surface area contributed by atoms with E-state index >= 15 is 0 Å². The van der Waals surface area contributed by atoms with E-state index in [1.165, 1.54) is 0 Å². The average Bonchev–Trinajstić information content (AvgIpc) is 2.22. The molecule has 0 spiro atoms. The molecule has 1 aromatic carbocycles. The van der Waals surface area contributed by atoms with E-state index in [9.17, 15) is 4.21 Å². The summed E-state index contributed by atoms with van der Waals surface area (Å²) in [5.74, 6) is 2.73. The van der Waals surface area contributed by atoms with Crippen molar-refractivity contribution in [3.63, 3.8) is 0 Å². The molecule has 1 aromatic rings. The maximum absolute atomic E-state index is 11.9. The smallest absolute Gasteiger partial charge is 0.0541 e. The van der Waals surface area contributed by atoms with E-state index < -0.39 is 10.8 Å². The van der Waals surface area contributed by atoms with Gasteiger partial charge in [0.25, 0.3) is 0 Å². The minimum absolute atomic E-state index is 0.711. The maximum atomic E-state index is 11.9. The first-order valence-corrected chi connectivity index (χ1v) is 7.45. The number of hydrogen-bond acceptors (Lipinski definition) is 3. The molecule has 0 saturated heterocycles. The van der Waals surface area contributed by atoms with Gasteiger partial charge in [0.15, 0.2) is 0 Å². The van der Waals surface area contributed by atoms with Crippen LogP contribution in [0.5, 0.6) is 0 Å². The molecular formula is C11H17NOS2. The Labute approximate surface area is 98.1 Å². The highest BCUT2D eigenvalue weighted by Crippen LogP contribution is 2.19. The third-order valence-corrected chi connectivity index (χ3v) is 4.86. The van der Waals surface area contributed by atoms with Gasteiger partial charge in [0, 0.05) is 22.1 Å². The zero-order valence-corrected chi connectivity index (χ0v) is 10.8. The first-order chi connectivity index (χ1) is 7.16. The predicted octanol–water partition coefficient (Wildman–Crippen LogP) is 2.44. The van der Waals surface area contributed by atoms with Gasteiger partial charge in [-0.25, -0.2) is 0 Å². The zero-order valence-electron chi connectivity index (χ0n) is 9.16. The second-order valence-electron chi connectivity index (χ2n) is 3.22. The molecule has 0 aliphatic rings. The number of rotatable bonds is 5. The Kier molecular flexibility index (Phi) is 5.19. The van der Waals surface area contributed by atoms with Gasteiger partial charge in [-0.3, -0.25) is 4.21 Å². The predicted molar refractivity (Wildman–Crippen MR) is 69.9 cm³/mol. The summed E-state index contributed by atoms with van der Waals surface area (Å²) in [6.07, 6.45) is 0. The van der Waals surface area contributed by atoms with Crippen LogP contribution in [0.2, 0.25) is 0 Å². The summed E-state index contributed by atoms with van der Waals surface area (Å²) in [5.41, 5.74) is 7.46. The Morgan fingerprint density at radius 2 is 2.20 bits per heavy atom. The van der Waals surface area contributed by atoms with Crippen molar-refractivity contribution >= 4 is 28.2 Å². The van der Waals surface area contributed by atoms with E-state index in [1.807, 2.05) is 36.9 Å². The summed E-state index contributed by atoms with van der Waals surface area (Å²) >= 11 is 1.82. The number of benzene rings is 1. The van der Waals surface area contributed by atoms with Crippen LogP contribution >= 0.6 is 11.8 Å². The van der Waals surface area contributed by atoms with Crippen LogP contribution in [0.25, 0.3) is 0 Å². The van der Waals surface area contributed by atoms with Gasteiger partial charge in [-0.15, -0.1) is 0 Å². The number of anilines is 1. The van der Waals surface area contributed by atoms with Gasteiger partial charge in [0.1, 0.15) is 0 Å². The summed E-state index contributed by atoms with van der Waals surface area (Å²) in [6.45, 7) is 4.04. The first kappa shape index (κ1) is 12.6. The molecule has 0 aliphatic heterocycles. The SMILES string of the molecule is CCSCCS(=O)c1cccc(N)c1C. The molecule has 0 bridgehead atoms. The quantitative estimate of drug-likeness (QED) is 0.638. The molecule has 0 fully saturated rings. The van der Waals surface area contributed by atoms with Gasteiger partial charge >= 0.3 is 0 Å². The van der Waals surface area contributed by atoms with E-state index in [-0.39, 0.29) is 0 Å².